The number of nitrogens with one attached hydrogen (secondary N) is 2. The van der Waals surface area contributed by atoms with Crippen LogP contribution < -0.4 is 20.2 Å². The van der Waals surface area contributed by atoms with E-state index in [0.29, 0.717) is 43.2 Å². The number of carbonyl (C=O) groups excluding carboxylic acids is 2. The van der Waals surface area contributed by atoms with Crippen LogP contribution in [0.15, 0.2) is 47.6 Å². The molecule has 9 heteroatoms. The number of nitrogens with zero attached hydrogens (tertiary/aromatic N) is 1. The topological polar surface area (TPSA) is 98.2 Å². The Hall–Kier alpha value is -3.46. The molecule has 0 saturated carbocycles. The first-order valence-electron chi connectivity index (χ1n) is 9.77. The minimum atomic E-state index is -0.863. The number of hydrazone groups is 1. The van der Waals surface area contributed by atoms with E-state index in [-0.39, 0.29) is 12.4 Å². The van der Waals surface area contributed by atoms with Gasteiger partial charge in [0, 0.05) is 20.3 Å². The van der Waals surface area contributed by atoms with Crippen molar-refractivity contribution in [2.75, 3.05) is 26.9 Å². The zero-order valence-electron chi connectivity index (χ0n) is 17.5. The second-order valence-corrected chi connectivity index (χ2v) is 6.36. The first kappa shape index (κ1) is 23.8. The average molecular weight is 431 g/mol. The maximum atomic E-state index is 13.0. The average Bonchev–Trinajstić information content (AvgIpc) is 2.77. The summed E-state index contributed by atoms with van der Waals surface area (Å²) >= 11 is 0. The van der Waals surface area contributed by atoms with Crippen LogP contribution in [0, 0.1) is 5.82 Å². The van der Waals surface area contributed by atoms with Gasteiger partial charge in [-0.25, -0.2) is 9.82 Å². The molecule has 2 amide bonds. The van der Waals surface area contributed by atoms with Gasteiger partial charge in [0.2, 0.25) is 0 Å². The molecule has 2 aromatic carbocycles. The number of amides is 2. The first-order chi connectivity index (χ1) is 15.0. The van der Waals surface area contributed by atoms with Crippen LogP contribution in [0.25, 0.3) is 0 Å². The number of benzene rings is 2. The van der Waals surface area contributed by atoms with Crippen LogP contribution in [-0.4, -0.2) is 44.9 Å². The van der Waals surface area contributed by atoms with Crippen LogP contribution in [0.4, 0.5) is 4.39 Å². The number of methoxy groups -OCH3 is 1. The summed E-state index contributed by atoms with van der Waals surface area (Å²) in [5, 5.41) is 6.27. The van der Waals surface area contributed by atoms with Crippen LogP contribution in [0.2, 0.25) is 0 Å². The summed E-state index contributed by atoms with van der Waals surface area (Å²) in [4.78, 5) is 23.4. The third-order valence-electron chi connectivity index (χ3n) is 3.97. The van der Waals surface area contributed by atoms with Gasteiger partial charge in [0.05, 0.1) is 12.8 Å². The van der Waals surface area contributed by atoms with E-state index >= 15 is 0 Å². The molecule has 2 aromatic rings. The standard InChI is InChI=1S/C22H26FN3O5/c1-3-30-20-13-17(14-25-26-22(28)21(27)24-11-4-12-29-2)7-10-19(20)31-15-16-5-8-18(23)9-6-16/h5-10,13-14H,3-4,11-12,15H2,1-2H3,(H,24,27)(H,26,28)/b25-14-. The SMILES string of the molecule is CCOc1cc(/C=N\NC(=O)C(=O)NCCCOC)ccc1OCc1ccc(F)cc1. The molecule has 166 valence electrons. The van der Waals surface area contributed by atoms with E-state index in [1.807, 2.05) is 6.92 Å². The van der Waals surface area contributed by atoms with Crippen molar-refractivity contribution in [1.29, 1.82) is 0 Å². The highest BCUT2D eigenvalue weighted by Gasteiger charge is 2.11. The minimum absolute atomic E-state index is 0.253. The Kier molecular flexibility index (Phi) is 9.96. The van der Waals surface area contributed by atoms with Crippen LogP contribution in [0.1, 0.15) is 24.5 Å². The molecule has 2 N–H and O–H groups in total. The van der Waals surface area contributed by atoms with E-state index < -0.39 is 11.8 Å². The molecule has 0 radical (unpaired) electrons. The second kappa shape index (κ2) is 13.0. The molecule has 8 nitrogen and oxygen atoms in total. The molecular formula is C22H26FN3O5. The lowest BCUT2D eigenvalue weighted by Crippen LogP contribution is -2.38. The number of halogens is 1. The molecule has 0 saturated heterocycles. The Balaban J connectivity index is 1.92. The zero-order valence-corrected chi connectivity index (χ0v) is 17.5. The second-order valence-electron chi connectivity index (χ2n) is 6.36. The van der Waals surface area contributed by atoms with Crippen molar-refractivity contribution in [3.05, 3.63) is 59.4 Å². The molecule has 0 spiro atoms. The maximum Gasteiger partial charge on any atom is 0.329 e. The molecule has 0 aliphatic carbocycles. The fourth-order valence-corrected chi connectivity index (χ4v) is 2.45. The quantitative estimate of drug-likeness (QED) is 0.246. The normalized spacial score (nSPS) is 10.7. The summed E-state index contributed by atoms with van der Waals surface area (Å²) in [6.07, 6.45) is 2.00. The fraction of sp³-hybridized carbons (Fsp3) is 0.318. The van der Waals surface area contributed by atoms with E-state index in [4.69, 9.17) is 14.2 Å². The summed E-state index contributed by atoms with van der Waals surface area (Å²) < 4.78 is 29.3. The van der Waals surface area contributed by atoms with E-state index in [1.165, 1.54) is 18.3 Å². The lowest BCUT2D eigenvalue weighted by atomic mass is 10.2. The predicted molar refractivity (Wildman–Crippen MR) is 114 cm³/mol. The fourth-order valence-electron chi connectivity index (χ4n) is 2.45. The molecule has 0 aromatic heterocycles. The summed E-state index contributed by atoms with van der Waals surface area (Å²) in [6.45, 7) is 3.35. The minimum Gasteiger partial charge on any atom is -0.490 e. The molecule has 0 atom stereocenters. The van der Waals surface area contributed by atoms with Gasteiger partial charge in [0.25, 0.3) is 0 Å². The summed E-state index contributed by atoms with van der Waals surface area (Å²) in [5.41, 5.74) is 3.63. The molecular weight excluding hydrogens is 405 g/mol. The van der Waals surface area contributed by atoms with E-state index in [9.17, 15) is 14.0 Å². The van der Waals surface area contributed by atoms with Gasteiger partial charge in [-0.1, -0.05) is 12.1 Å². The number of hydrogen-bond donors (Lipinski definition) is 2. The molecule has 31 heavy (non-hydrogen) atoms. The smallest absolute Gasteiger partial charge is 0.329 e. The van der Waals surface area contributed by atoms with Gasteiger partial charge >= 0.3 is 11.8 Å². The largest absolute Gasteiger partial charge is 0.490 e. The van der Waals surface area contributed by atoms with Gasteiger partial charge in [-0.2, -0.15) is 5.10 Å². The third kappa shape index (κ3) is 8.43. The van der Waals surface area contributed by atoms with Crippen molar-refractivity contribution in [2.45, 2.75) is 20.0 Å². The molecule has 0 aliphatic rings. The monoisotopic (exact) mass is 431 g/mol. The number of hydrogen-bond acceptors (Lipinski definition) is 6. The highest BCUT2D eigenvalue weighted by Crippen LogP contribution is 2.28. The predicted octanol–water partition coefficient (Wildman–Crippen LogP) is 2.41. The van der Waals surface area contributed by atoms with E-state index in [2.05, 4.69) is 15.8 Å². The van der Waals surface area contributed by atoms with E-state index in [0.717, 1.165) is 5.56 Å². The lowest BCUT2D eigenvalue weighted by Gasteiger charge is -2.12. The van der Waals surface area contributed by atoms with Crippen molar-refractivity contribution < 1.29 is 28.2 Å². The molecule has 0 heterocycles. The maximum absolute atomic E-state index is 13.0. The van der Waals surface area contributed by atoms with Crippen molar-refractivity contribution >= 4 is 18.0 Å². The number of ether oxygens (including phenoxy) is 3. The highest BCUT2D eigenvalue weighted by atomic mass is 19.1. The van der Waals surface area contributed by atoms with Crippen LogP contribution >= 0.6 is 0 Å². The Morgan fingerprint density at radius 1 is 1.06 bits per heavy atom. The Bertz CT molecular complexity index is 887. The van der Waals surface area contributed by atoms with Crippen LogP contribution in [0.3, 0.4) is 0 Å². The van der Waals surface area contributed by atoms with Gasteiger partial charge < -0.3 is 19.5 Å². The summed E-state index contributed by atoms with van der Waals surface area (Å²) in [6, 6.07) is 11.2. The summed E-state index contributed by atoms with van der Waals surface area (Å²) in [7, 11) is 1.56. The van der Waals surface area contributed by atoms with Gasteiger partial charge in [0.15, 0.2) is 11.5 Å². The van der Waals surface area contributed by atoms with Gasteiger partial charge in [0.1, 0.15) is 12.4 Å². The summed E-state index contributed by atoms with van der Waals surface area (Å²) in [5.74, 6) is -0.928. The molecule has 0 fully saturated rings. The van der Waals surface area contributed by atoms with Crippen molar-refractivity contribution in [2.24, 2.45) is 5.10 Å². The zero-order chi connectivity index (χ0) is 22.5. The number of rotatable bonds is 11. The first-order valence-corrected chi connectivity index (χ1v) is 9.77. The Labute approximate surface area is 180 Å². The van der Waals surface area contributed by atoms with Crippen molar-refractivity contribution in [3.8, 4) is 11.5 Å². The van der Waals surface area contributed by atoms with Crippen molar-refractivity contribution in [1.82, 2.24) is 10.7 Å². The van der Waals surface area contributed by atoms with Gasteiger partial charge in [-0.3, -0.25) is 9.59 Å². The molecule has 0 bridgehead atoms. The van der Waals surface area contributed by atoms with Crippen LogP contribution in [0.5, 0.6) is 11.5 Å². The van der Waals surface area contributed by atoms with Crippen LogP contribution in [-0.2, 0) is 20.9 Å². The Morgan fingerprint density at radius 2 is 1.84 bits per heavy atom. The highest BCUT2D eigenvalue weighted by molar-refractivity contribution is 6.35. The lowest BCUT2D eigenvalue weighted by molar-refractivity contribution is -0.139. The van der Waals surface area contributed by atoms with Gasteiger partial charge in [-0.05, 0) is 54.8 Å². The molecule has 2 rings (SSSR count). The van der Waals surface area contributed by atoms with E-state index in [1.54, 1.807) is 37.4 Å². The molecule has 0 unspecified atom stereocenters. The van der Waals surface area contributed by atoms with Crippen molar-refractivity contribution in [3.63, 3.8) is 0 Å². The van der Waals surface area contributed by atoms with Gasteiger partial charge in [-0.15, -0.1) is 0 Å². The molecule has 0 aliphatic heterocycles. The Morgan fingerprint density at radius 3 is 2.55 bits per heavy atom. The number of carbonyl (C=O) groups is 2. The third-order valence-corrected chi connectivity index (χ3v) is 3.97.